The average Bonchev–Trinajstić information content (AvgIpc) is 3.39. The Labute approximate surface area is 141 Å². The van der Waals surface area contributed by atoms with Gasteiger partial charge in [0.1, 0.15) is 0 Å². The highest BCUT2D eigenvalue weighted by atomic mass is 16.5. The van der Waals surface area contributed by atoms with Crippen LogP contribution in [0.1, 0.15) is 30.4 Å². The Morgan fingerprint density at radius 1 is 1.33 bits per heavy atom. The number of ether oxygens (including phenoxy) is 1. The summed E-state index contributed by atoms with van der Waals surface area (Å²) in [7, 11) is 0. The highest BCUT2D eigenvalue weighted by molar-refractivity contribution is 5.86. The molecule has 5 heteroatoms. The van der Waals surface area contributed by atoms with E-state index in [0.717, 1.165) is 12.0 Å². The van der Waals surface area contributed by atoms with E-state index in [1.54, 1.807) is 24.4 Å². The lowest BCUT2D eigenvalue weighted by Crippen LogP contribution is -2.20. The van der Waals surface area contributed by atoms with Crippen LogP contribution >= 0.6 is 0 Å². The molecule has 3 rings (SSSR count). The molecule has 2 unspecified atom stereocenters. The summed E-state index contributed by atoms with van der Waals surface area (Å²) in [6.07, 6.45) is 2.40. The van der Waals surface area contributed by atoms with Crippen molar-refractivity contribution in [2.45, 2.75) is 19.3 Å². The van der Waals surface area contributed by atoms with Gasteiger partial charge in [-0.25, -0.2) is 5.43 Å². The van der Waals surface area contributed by atoms with E-state index in [1.807, 2.05) is 37.3 Å². The fourth-order valence-corrected chi connectivity index (χ4v) is 2.69. The number of carbonyl (C=O) groups excluding carboxylic acids is 1. The monoisotopic (exact) mass is 324 g/mol. The molecule has 0 bridgehead atoms. The van der Waals surface area contributed by atoms with Gasteiger partial charge in [0.15, 0.2) is 11.5 Å². The molecule has 2 N–H and O–H groups in total. The Kier molecular flexibility index (Phi) is 4.79. The van der Waals surface area contributed by atoms with E-state index in [-0.39, 0.29) is 17.6 Å². The zero-order valence-corrected chi connectivity index (χ0v) is 13.5. The molecule has 2 atom stereocenters. The van der Waals surface area contributed by atoms with Crippen molar-refractivity contribution in [2.75, 3.05) is 6.61 Å². The standard InChI is InChI=1S/C19H20N2O3/c1-2-24-18-10-13(8-9-17(18)22)12-20-21-19(23)16-11-15(16)14-6-4-3-5-7-14/h3-10,12,15-16,22H,2,11H2,1H3,(H,21,23). The van der Waals surface area contributed by atoms with Crippen LogP contribution < -0.4 is 10.2 Å². The SMILES string of the molecule is CCOc1cc(C=NNC(=O)C2CC2c2ccccc2)ccc1O. The van der Waals surface area contributed by atoms with Crippen molar-refractivity contribution in [3.05, 3.63) is 59.7 Å². The Morgan fingerprint density at radius 3 is 2.88 bits per heavy atom. The molecule has 24 heavy (non-hydrogen) atoms. The van der Waals surface area contributed by atoms with Gasteiger partial charge in [0.2, 0.25) is 5.91 Å². The Morgan fingerprint density at radius 2 is 2.12 bits per heavy atom. The van der Waals surface area contributed by atoms with Gasteiger partial charge in [0, 0.05) is 5.92 Å². The third kappa shape index (κ3) is 3.74. The number of carbonyl (C=O) groups is 1. The second-order valence-electron chi connectivity index (χ2n) is 5.75. The van der Waals surface area contributed by atoms with E-state index in [9.17, 15) is 9.90 Å². The molecule has 1 fully saturated rings. The van der Waals surface area contributed by atoms with Gasteiger partial charge in [-0.3, -0.25) is 4.79 Å². The molecule has 1 amide bonds. The van der Waals surface area contributed by atoms with Crippen molar-refractivity contribution < 1.29 is 14.6 Å². The predicted molar refractivity (Wildman–Crippen MR) is 92.3 cm³/mol. The van der Waals surface area contributed by atoms with E-state index in [0.29, 0.717) is 18.3 Å². The van der Waals surface area contributed by atoms with Crippen LogP contribution in [0.4, 0.5) is 0 Å². The van der Waals surface area contributed by atoms with Gasteiger partial charge < -0.3 is 9.84 Å². The molecule has 0 aromatic heterocycles. The normalized spacial score (nSPS) is 19.2. The zero-order chi connectivity index (χ0) is 16.9. The predicted octanol–water partition coefficient (Wildman–Crippen LogP) is 3.04. The molecule has 124 valence electrons. The molecule has 5 nitrogen and oxygen atoms in total. The topological polar surface area (TPSA) is 70.9 Å². The van der Waals surface area contributed by atoms with Crippen LogP contribution in [0.15, 0.2) is 53.6 Å². The second-order valence-corrected chi connectivity index (χ2v) is 5.75. The Balaban J connectivity index is 1.55. The third-order valence-corrected chi connectivity index (χ3v) is 4.03. The summed E-state index contributed by atoms with van der Waals surface area (Å²) in [5.41, 5.74) is 4.52. The number of phenols is 1. The number of hydrazone groups is 1. The molecule has 0 aliphatic heterocycles. The maximum atomic E-state index is 12.1. The summed E-state index contributed by atoms with van der Waals surface area (Å²) < 4.78 is 5.32. The van der Waals surface area contributed by atoms with Gasteiger partial charge in [-0.2, -0.15) is 5.10 Å². The molecule has 1 aliphatic carbocycles. The molecule has 0 spiro atoms. The Hall–Kier alpha value is -2.82. The smallest absolute Gasteiger partial charge is 0.243 e. The van der Waals surface area contributed by atoms with Gasteiger partial charge in [0.05, 0.1) is 12.8 Å². The van der Waals surface area contributed by atoms with E-state index < -0.39 is 0 Å². The van der Waals surface area contributed by atoms with Crippen LogP contribution in [-0.2, 0) is 4.79 Å². The number of phenolic OH excluding ortho intramolecular Hbond substituents is 1. The summed E-state index contributed by atoms with van der Waals surface area (Å²) in [4.78, 5) is 12.1. The molecule has 2 aromatic carbocycles. The molecule has 2 aromatic rings. The zero-order valence-electron chi connectivity index (χ0n) is 13.5. The third-order valence-electron chi connectivity index (χ3n) is 4.03. The van der Waals surface area contributed by atoms with Crippen molar-refractivity contribution in [1.82, 2.24) is 5.43 Å². The van der Waals surface area contributed by atoms with Crippen molar-refractivity contribution in [3.63, 3.8) is 0 Å². The minimum Gasteiger partial charge on any atom is -0.504 e. The second kappa shape index (κ2) is 7.17. The number of benzene rings is 2. The highest BCUT2D eigenvalue weighted by Gasteiger charge is 2.43. The number of nitrogens with one attached hydrogen (secondary N) is 1. The van der Waals surface area contributed by atoms with Crippen LogP contribution in [0.5, 0.6) is 11.5 Å². The van der Waals surface area contributed by atoms with Crippen LogP contribution in [0, 0.1) is 5.92 Å². The van der Waals surface area contributed by atoms with E-state index in [2.05, 4.69) is 10.5 Å². The number of nitrogens with zero attached hydrogens (tertiary/aromatic N) is 1. The Bertz CT molecular complexity index is 744. The summed E-state index contributed by atoms with van der Waals surface area (Å²) in [5, 5.41) is 13.7. The van der Waals surface area contributed by atoms with E-state index in [4.69, 9.17) is 4.74 Å². The van der Waals surface area contributed by atoms with Gasteiger partial charge in [-0.15, -0.1) is 0 Å². The van der Waals surface area contributed by atoms with Crippen LogP contribution in [0.3, 0.4) is 0 Å². The van der Waals surface area contributed by atoms with E-state index >= 15 is 0 Å². The lowest BCUT2D eigenvalue weighted by molar-refractivity contribution is -0.122. The van der Waals surface area contributed by atoms with Crippen molar-refractivity contribution in [1.29, 1.82) is 0 Å². The molecule has 1 saturated carbocycles. The van der Waals surface area contributed by atoms with Crippen LogP contribution in [0.25, 0.3) is 0 Å². The maximum Gasteiger partial charge on any atom is 0.243 e. The van der Waals surface area contributed by atoms with Crippen LogP contribution in [-0.4, -0.2) is 23.8 Å². The fourth-order valence-electron chi connectivity index (χ4n) is 2.69. The summed E-state index contributed by atoms with van der Waals surface area (Å²) in [6.45, 7) is 2.31. The highest BCUT2D eigenvalue weighted by Crippen LogP contribution is 2.47. The van der Waals surface area contributed by atoms with Gasteiger partial charge in [-0.1, -0.05) is 30.3 Å². The average molecular weight is 324 g/mol. The number of hydrogen-bond donors (Lipinski definition) is 2. The molecular formula is C19H20N2O3. The van der Waals surface area contributed by atoms with Crippen molar-refractivity contribution in [3.8, 4) is 11.5 Å². The van der Waals surface area contributed by atoms with Gasteiger partial charge in [-0.05, 0) is 48.6 Å². The minimum absolute atomic E-state index is 0.0108. The first-order valence-electron chi connectivity index (χ1n) is 8.02. The number of hydrogen-bond acceptors (Lipinski definition) is 4. The van der Waals surface area contributed by atoms with E-state index in [1.165, 1.54) is 5.56 Å². The minimum atomic E-state index is -0.0658. The van der Waals surface area contributed by atoms with Crippen molar-refractivity contribution >= 4 is 12.1 Å². The molecular weight excluding hydrogens is 304 g/mol. The van der Waals surface area contributed by atoms with Gasteiger partial charge in [0.25, 0.3) is 0 Å². The lowest BCUT2D eigenvalue weighted by Gasteiger charge is -2.06. The molecule has 0 saturated heterocycles. The summed E-state index contributed by atoms with van der Waals surface area (Å²) >= 11 is 0. The van der Waals surface area contributed by atoms with Crippen molar-refractivity contribution in [2.24, 2.45) is 11.0 Å². The molecule has 1 aliphatic rings. The van der Waals surface area contributed by atoms with Gasteiger partial charge >= 0.3 is 0 Å². The lowest BCUT2D eigenvalue weighted by atomic mass is 10.1. The number of aromatic hydroxyl groups is 1. The first-order chi connectivity index (χ1) is 11.7. The summed E-state index contributed by atoms with van der Waals surface area (Å²) in [5.74, 6) is 0.702. The first-order valence-corrected chi connectivity index (χ1v) is 8.02. The fraction of sp³-hybridized carbons (Fsp3) is 0.263. The molecule has 0 radical (unpaired) electrons. The summed E-state index contributed by atoms with van der Waals surface area (Å²) in [6, 6.07) is 15.0. The maximum absolute atomic E-state index is 12.1. The van der Waals surface area contributed by atoms with Crippen LogP contribution in [0.2, 0.25) is 0 Å². The number of rotatable bonds is 6. The first kappa shape index (κ1) is 16.1. The molecule has 0 heterocycles. The number of amides is 1. The quantitative estimate of drug-likeness (QED) is 0.634. The largest absolute Gasteiger partial charge is 0.504 e.